The summed E-state index contributed by atoms with van der Waals surface area (Å²) >= 11 is 6.41. The third-order valence-corrected chi connectivity index (χ3v) is 5.13. The van der Waals surface area contributed by atoms with E-state index in [0.717, 1.165) is 0 Å². The Morgan fingerprint density at radius 2 is 2.15 bits per heavy atom. The number of carbonyl (C=O) groups is 1. The lowest BCUT2D eigenvalue weighted by Gasteiger charge is -2.09. The number of thiocarbonyl (C=S) groups is 1. The van der Waals surface area contributed by atoms with Crippen molar-refractivity contribution in [3.8, 4) is 17.1 Å². The quantitative estimate of drug-likeness (QED) is 0.329. The number of ether oxygens (including phenoxy) is 1. The first-order valence-electron chi connectivity index (χ1n) is 7.62. The predicted octanol–water partition coefficient (Wildman–Crippen LogP) is 4.08. The number of thioether (sulfide) groups is 1. The highest BCUT2D eigenvalue weighted by atomic mass is 32.2. The Morgan fingerprint density at radius 1 is 1.38 bits per heavy atom. The largest absolute Gasteiger partial charge is 0.496 e. The maximum atomic E-state index is 12.3. The first kappa shape index (κ1) is 18.2. The van der Waals surface area contributed by atoms with Gasteiger partial charge in [-0.25, -0.2) is 0 Å². The van der Waals surface area contributed by atoms with Gasteiger partial charge in [0, 0.05) is 18.7 Å². The second-order valence-corrected chi connectivity index (χ2v) is 6.95. The first-order chi connectivity index (χ1) is 12.4. The standard InChI is InChI=1S/C17H14N2O5S2/c1-3-18-16(20)15(26-17(18)25)9-11-5-7-13(24-11)12-6-4-10(19(21)22)8-14(12)23-2/h4-9H,3H2,1-2H3/b15-9+. The molecule has 1 aromatic heterocycles. The van der Waals surface area contributed by atoms with Crippen LogP contribution in [-0.4, -0.2) is 33.7 Å². The van der Waals surface area contributed by atoms with Gasteiger partial charge in [0.2, 0.25) is 0 Å². The summed E-state index contributed by atoms with van der Waals surface area (Å²) in [7, 11) is 1.43. The number of benzene rings is 1. The molecule has 0 N–H and O–H groups in total. The van der Waals surface area contributed by atoms with Crippen LogP contribution in [-0.2, 0) is 4.79 Å². The van der Waals surface area contributed by atoms with Crippen molar-refractivity contribution in [2.45, 2.75) is 6.92 Å². The van der Waals surface area contributed by atoms with Gasteiger partial charge in [0.1, 0.15) is 21.6 Å². The van der Waals surface area contributed by atoms with Crippen LogP contribution in [0.4, 0.5) is 5.69 Å². The number of nitro groups is 1. The van der Waals surface area contributed by atoms with Crippen molar-refractivity contribution < 1.29 is 18.9 Å². The van der Waals surface area contributed by atoms with E-state index >= 15 is 0 Å². The predicted molar refractivity (Wildman–Crippen MR) is 103 cm³/mol. The van der Waals surface area contributed by atoms with Crippen molar-refractivity contribution in [1.82, 2.24) is 4.90 Å². The number of likely N-dealkylation sites (N-methyl/N-ethyl adjacent to an activating group) is 1. The van der Waals surface area contributed by atoms with E-state index in [0.29, 0.717) is 38.6 Å². The summed E-state index contributed by atoms with van der Waals surface area (Å²) < 4.78 is 11.5. The molecule has 1 aromatic carbocycles. The van der Waals surface area contributed by atoms with E-state index in [1.807, 2.05) is 6.92 Å². The summed E-state index contributed by atoms with van der Waals surface area (Å²) in [5.74, 6) is 1.15. The second-order valence-electron chi connectivity index (χ2n) is 5.27. The van der Waals surface area contributed by atoms with Crippen LogP contribution in [0.1, 0.15) is 12.7 Å². The number of furan rings is 1. The van der Waals surface area contributed by atoms with Gasteiger partial charge in [-0.1, -0.05) is 24.0 Å². The van der Waals surface area contributed by atoms with E-state index in [9.17, 15) is 14.9 Å². The summed E-state index contributed by atoms with van der Waals surface area (Å²) in [5.41, 5.74) is 0.513. The van der Waals surface area contributed by atoms with Crippen LogP contribution in [0, 0.1) is 10.1 Å². The summed E-state index contributed by atoms with van der Waals surface area (Å²) in [6, 6.07) is 7.72. The van der Waals surface area contributed by atoms with Crippen molar-refractivity contribution in [3.05, 3.63) is 51.1 Å². The number of nitro benzene ring substituents is 1. The molecule has 0 radical (unpaired) electrons. The number of amides is 1. The molecule has 1 amide bonds. The van der Waals surface area contributed by atoms with Crippen molar-refractivity contribution in [3.63, 3.8) is 0 Å². The van der Waals surface area contributed by atoms with E-state index < -0.39 is 4.92 Å². The average Bonchev–Trinajstić information content (AvgIpc) is 3.19. The fraction of sp³-hybridized carbons (Fsp3) is 0.176. The molecule has 26 heavy (non-hydrogen) atoms. The maximum absolute atomic E-state index is 12.3. The third-order valence-electron chi connectivity index (χ3n) is 3.75. The molecule has 1 saturated heterocycles. The highest BCUT2D eigenvalue weighted by molar-refractivity contribution is 8.26. The van der Waals surface area contributed by atoms with Gasteiger partial charge in [0.15, 0.2) is 0 Å². The van der Waals surface area contributed by atoms with Crippen LogP contribution in [0.3, 0.4) is 0 Å². The minimum absolute atomic E-state index is 0.0689. The van der Waals surface area contributed by atoms with Crippen molar-refractivity contribution in [2.75, 3.05) is 13.7 Å². The molecule has 0 saturated carbocycles. The fourth-order valence-electron chi connectivity index (χ4n) is 2.47. The average molecular weight is 390 g/mol. The molecule has 134 valence electrons. The summed E-state index contributed by atoms with van der Waals surface area (Å²) in [6.45, 7) is 2.38. The van der Waals surface area contributed by atoms with E-state index in [1.54, 1.807) is 24.3 Å². The van der Waals surface area contributed by atoms with Crippen molar-refractivity contribution >= 4 is 46.0 Å². The second kappa shape index (κ2) is 7.30. The minimum atomic E-state index is -0.490. The van der Waals surface area contributed by atoms with Gasteiger partial charge >= 0.3 is 0 Å². The van der Waals surface area contributed by atoms with Gasteiger partial charge < -0.3 is 9.15 Å². The van der Waals surface area contributed by atoms with Crippen LogP contribution in [0.2, 0.25) is 0 Å². The molecule has 0 unspecified atom stereocenters. The Kier molecular flexibility index (Phi) is 5.10. The van der Waals surface area contributed by atoms with E-state index in [-0.39, 0.29) is 11.6 Å². The number of carbonyl (C=O) groups excluding carboxylic acids is 1. The highest BCUT2D eigenvalue weighted by Gasteiger charge is 2.30. The Hall–Kier alpha value is -2.65. The van der Waals surface area contributed by atoms with Crippen LogP contribution in [0.15, 0.2) is 39.7 Å². The molecule has 1 aliphatic heterocycles. The third kappa shape index (κ3) is 3.35. The summed E-state index contributed by atoms with van der Waals surface area (Å²) in [6.07, 6.45) is 1.64. The van der Waals surface area contributed by atoms with E-state index in [2.05, 4.69) is 0 Å². The van der Waals surface area contributed by atoms with Gasteiger partial charge in [-0.05, 0) is 25.1 Å². The molecule has 9 heteroatoms. The molecule has 3 rings (SSSR count). The number of hydrogen-bond donors (Lipinski definition) is 0. The van der Waals surface area contributed by atoms with Gasteiger partial charge in [-0.3, -0.25) is 19.8 Å². The number of nitrogens with zero attached hydrogens (tertiary/aromatic N) is 2. The molecule has 7 nitrogen and oxygen atoms in total. The monoisotopic (exact) mass is 390 g/mol. The fourth-order valence-corrected chi connectivity index (χ4v) is 3.84. The molecule has 2 heterocycles. The topological polar surface area (TPSA) is 85.8 Å². The molecule has 2 aromatic rings. The SMILES string of the molecule is CCN1C(=O)/C(=C\c2ccc(-c3ccc([N+](=O)[O-])cc3OC)o2)SC1=S. The van der Waals surface area contributed by atoms with Gasteiger partial charge in [0.25, 0.3) is 11.6 Å². The van der Waals surface area contributed by atoms with Crippen LogP contribution in [0.25, 0.3) is 17.4 Å². The highest BCUT2D eigenvalue weighted by Crippen LogP contribution is 2.36. The maximum Gasteiger partial charge on any atom is 0.273 e. The Morgan fingerprint density at radius 3 is 2.77 bits per heavy atom. The lowest BCUT2D eigenvalue weighted by Crippen LogP contribution is -2.27. The van der Waals surface area contributed by atoms with Crippen molar-refractivity contribution in [1.29, 1.82) is 0 Å². The number of non-ortho nitro benzene ring substituents is 1. The molecular formula is C17H14N2O5S2. The van der Waals surface area contributed by atoms with E-state index in [1.165, 1.54) is 35.9 Å². The lowest BCUT2D eigenvalue weighted by molar-refractivity contribution is -0.384. The summed E-state index contributed by atoms with van der Waals surface area (Å²) in [5, 5.41) is 10.9. The zero-order chi connectivity index (χ0) is 18.8. The zero-order valence-corrected chi connectivity index (χ0v) is 15.6. The van der Waals surface area contributed by atoms with Gasteiger partial charge in [-0.2, -0.15) is 0 Å². The van der Waals surface area contributed by atoms with Gasteiger partial charge in [0.05, 0.1) is 28.6 Å². The molecule has 1 aliphatic rings. The smallest absolute Gasteiger partial charge is 0.273 e. The van der Waals surface area contributed by atoms with Crippen LogP contribution < -0.4 is 4.74 Å². The zero-order valence-electron chi connectivity index (χ0n) is 13.9. The number of hydrogen-bond acceptors (Lipinski definition) is 7. The Labute approximate surface area is 158 Å². The van der Waals surface area contributed by atoms with Crippen LogP contribution >= 0.6 is 24.0 Å². The Bertz CT molecular complexity index is 935. The normalized spacial score (nSPS) is 15.8. The van der Waals surface area contributed by atoms with Crippen molar-refractivity contribution in [2.24, 2.45) is 0 Å². The molecule has 0 spiro atoms. The molecule has 0 atom stereocenters. The lowest BCUT2D eigenvalue weighted by atomic mass is 10.1. The first-order valence-corrected chi connectivity index (χ1v) is 8.85. The van der Waals surface area contributed by atoms with Crippen LogP contribution in [0.5, 0.6) is 5.75 Å². The molecular weight excluding hydrogens is 376 g/mol. The molecule has 0 aliphatic carbocycles. The van der Waals surface area contributed by atoms with Gasteiger partial charge in [-0.15, -0.1) is 0 Å². The summed E-state index contributed by atoms with van der Waals surface area (Å²) in [4.78, 5) is 24.7. The molecule has 1 fully saturated rings. The van der Waals surface area contributed by atoms with E-state index in [4.69, 9.17) is 21.4 Å². The minimum Gasteiger partial charge on any atom is -0.496 e. The number of rotatable bonds is 5. The molecule has 0 bridgehead atoms. The Balaban J connectivity index is 1.92. The number of methoxy groups -OCH3 is 1.